The molecule has 20 heteroatoms. The van der Waals surface area contributed by atoms with E-state index in [1.165, 1.54) is 79.1 Å². The molecule has 0 saturated carbocycles. The predicted octanol–water partition coefficient (Wildman–Crippen LogP) is 15.6. The van der Waals surface area contributed by atoms with Crippen molar-refractivity contribution in [2.75, 3.05) is 115 Å². The Hall–Kier alpha value is -10.8. The number of nitrogens with zero attached hydrogens (tertiary/aromatic N) is 20. The Labute approximate surface area is 593 Å². The highest BCUT2D eigenvalue weighted by atomic mass is 15.5. The average Bonchev–Trinajstić information content (AvgIpc) is 1.58. The molecule has 8 aliphatic heterocycles. The van der Waals surface area contributed by atoms with Crippen molar-refractivity contribution in [2.24, 2.45) is 0 Å². The molecule has 0 saturated heterocycles. The molecule has 0 fully saturated rings. The molecule has 12 heterocycles. The zero-order valence-electron chi connectivity index (χ0n) is 62.0. The molecule has 520 valence electrons. The largest absolute Gasteiger partial charge is 0.359 e. The maximum Gasteiger partial charge on any atom is 0.139 e. The van der Waals surface area contributed by atoms with Crippen molar-refractivity contribution in [1.82, 2.24) is 39.5 Å². The van der Waals surface area contributed by atoms with Gasteiger partial charge in [0.2, 0.25) is 0 Å². The number of benzene rings is 4. The lowest BCUT2D eigenvalue weighted by atomic mass is 10.1. The highest BCUT2D eigenvalue weighted by molar-refractivity contribution is 5.91. The molecule has 0 aliphatic carbocycles. The van der Waals surface area contributed by atoms with Gasteiger partial charge in [0.15, 0.2) is 0 Å². The third kappa shape index (κ3) is 11.5. The van der Waals surface area contributed by atoms with Gasteiger partial charge < -0.3 is 78.4 Å². The van der Waals surface area contributed by atoms with Gasteiger partial charge in [-0.3, -0.25) is 9.97 Å². The molecule has 16 rings (SSSR count). The Balaban J connectivity index is 0.000000121. The first-order valence-corrected chi connectivity index (χ1v) is 35.0. The van der Waals surface area contributed by atoms with Gasteiger partial charge in [-0.15, -0.1) is 0 Å². The SMILES string of the molecule is Cc1c(N2C=CN(C)[C@@H]2C)ccnc1N1C=CN(C)[C@H]1C.Cc1c(N2C=CN(C)[C@H]2C)cncc1N1C=CN(C)[C@@H]1C.Cc1c(N2c3ccccc3N(C)[C@@H]2C)ccnc1N1c2ccccc2N(C)[C@H]1C.Cc1c(N2c3ccccc3N(C)[C@H]2C)cncc1N1c2ccccc2N(C)[C@@H]1C. The van der Waals surface area contributed by atoms with Gasteiger partial charge in [0.25, 0.3) is 0 Å². The minimum atomic E-state index is 0.208. The Kier molecular flexibility index (Phi) is 18.4. The lowest BCUT2D eigenvalue weighted by Gasteiger charge is -2.32. The molecule has 100 heavy (non-hydrogen) atoms. The zero-order chi connectivity index (χ0) is 70.9. The lowest BCUT2D eigenvalue weighted by molar-refractivity contribution is 0.380. The maximum atomic E-state index is 4.84. The summed E-state index contributed by atoms with van der Waals surface area (Å²) in [6.07, 6.45) is 30.8. The van der Waals surface area contributed by atoms with Crippen molar-refractivity contribution >= 4 is 91.3 Å². The van der Waals surface area contributed by atoms with Gasteiger partial charge in [-0.1, -0.05) is 48.5 Å². The Morgan fingerprint density at radius 1 is 0.240 bits per heavy atom. The van der Waals surface area contributed by atoms with Gasteiger partial charge in [0.05, 0.1) is 104 Å². The number of pyridine rings is 4. The molecule has 4 aromatic heterocycles. The van der Waals surface area contributed by atoms with Crippen molar-refractivity contribution in [3.05, 3.63) is 218 Å². The summed E-state index contributed by atoms with van der Waals surface area (Å²) >= 11 is 0. The second-order valence-corrected chi connectivity index (χ2v) is 27.6. The fourth-order valence-electron chi connectivity index (χ4n) is 15.1. The number of hydrogen-bond donors (Lipinski definition) is 0. The second-order valence-electron chi connectivity index (χ2n) is 27.6. The first kappa shape index (κ1) is 67.8. The molecule has 8 atom stereocenters. The van der Waals surface area contributed by atoms with Crippen LogP contribution in [0.2, 0.25) is 0 Å². The molecule has 4 aromatic carbocycles. The topological polar surface area (TPSA) is 103 Å². The van der Waals surface area contributed by atoms with Crippen LogP contribution in [0.5, 0.6) is 0 Å². The predicted molar refractivity (Wildman–Crippen MR) is 417 cm³/mol. The van der Waals surface area contributed by atoms with Crippen LogP contribution in [0.4, 0.5) is 91.3 Å². The van der Waals surface area contributed by atoms with E-state index in [1.807, 2.05) is 37.2 Å². The Bertz CT molecular complexity index is 3900. The van der Waals surface area contributed by atoms with Gasteiger partial charge in [0.1, 0.15) is 61.0 Å². The summed E-state index contributed by atoms with van der Waals surface area (Å²) in [7, 11) is 17.0. The van der Waals surface area contributed by atoms with E-state index in [9.17, 15) is 0 Å². The first-order valence-electron chi connectivity index (χ1n) is 35.0. The van der Waals surface area contributed by atoms with E-state index in [-0.39, 0.29) is 24.7 Å². The van der Waals surface area contributed by atoms with Crippen LogP contribution in [0.1, 0.15) is 77.6 Å². The number of aromatic nitrogens is 4. The molecule has 0 spiro atoms. The van der Waals surface area contributed by atoms with Gasteiger partial charge in [-0.25, -0.2) is 9.97 Å². The number of hydrogen-bond acceptors (Lipinski definition) is 20. The molecule has 0 radical (unpaired) electrons. The molecule has 8 aromatic rings. The smallest absolute Gasteiger partial charge is 0.139 e. The van der Waals surface area contributed by atoms with Crippen LogP contribution in [0.15, 0.2) is 196 Å². The van der Waals surface area contributed by atoms with E-state index in [1.54, 1.807) is 0 Å². The molecule has 0 N–H and O–H groups in total. The van der Waals surface area contributed by atoms with E-state index in [2.05, 4.69) is 392 Å². The van der Waals surface area contributed by atoms with Crippen molar-refractivity contribution < 1.29 is 0 Å². The quantitative estimate of drug-likeness (QED) is 0.144. The summed E-state index contributed by atoms with van der Waals surface area (Å²) in [6, 6.07) is 38.6. The van der Waals surface area contributed by atoms with E-state index in [0.717, 1.165) is 34.4 Å². The highest BCUT2D eigenvalue weighted by Crippen LogP contribution is 2.51. The van der Waals surface area contributed by atoms with Crippen LogP contribution in [-0.4, -0.2) is 145 Å². The normalized spacial score (nSPS) is 22.1. The number of fused-ring (bicyclic) bond motifs is 4. The molecular formula is C80H100N20. The van der Waals surface area contributed by atoms with Crippen LogP contribution < -0.4 is 58.8 Å². The van der Waals surface area contributed by atoms with Crippen LogP contribution in [0.25, 0.3) is 0 Å². The molecule has 0 unspecified atom stereocenters. The Morgan fingerprint density at radius 3 is 0.870 bits per heavy atom. The van der Waals surface area contributed by atoms with Crippen LogP contribution in [-0.2, 0) is 0 Å². The second kappa shape index (κ2) is 27.2. The molecular weight excluding hydrogens is 1240 g/mol. The van der Waals surface area contributed by atoms with Gasteiger partial charge in [-0.2, -0.15) is 0 Å². The highest BCUT2D eigenvalue weighted by Gasteiger charge is 2.39. The minimum absolute atomic E-state index is 0.208. The van der Waals surface area contributed by atoms with Crippen LogP contribution in [0.3, 0.4) is 0 Å². The molecule has 8 aliphatic rings. The van der Waals surface area contributed by atoms with Crippen LogP contribution >= 0.6 is 0 Å². The number of anilines is 16. The number of rotatable bonds is 8. The lowest BCUT2D eigenvalue weighted by Crippen LogP contribution is -2.38. The fourth-order valence-corrected chi connectivity index (χ4v) is 15.1. The van der Waals surface area contributed by atoms with E-state index in [0.29, 0.717) is 24.7 Å². The summed E-state index contributed by atoms with van der Waals surface area (Å²) < 4.78 is 0. The summed E-state index contributed by atoms with van der Waals surface area (Å²) in [6.45, 7) is 26.5. The van der Waals surface area contributed by atoms with E-state index >= 15 is 0 Å². The summed E-state index contributed by atoms with van der Waals surface area (Å²) in [5.41, 5.74) is 21.9. The van der Waals surface area contributed by atoms with Gasteiger partial charge in [0, 0.05) is 130 Å². The first-order chi connectivity index (χ1) is 48.0. The molecule has 0 amide bonds. The monoisotopic (exact) mass is 1340 g/mol. The Morgan fingerprint density at radius 2 is 0.510 bits per heavy atom. The van der Waals surface area contributed by atoms with E-state index in [4.69, 9.17) is 4.98 Å². The minimum Gasteiger partial charge on any atom is -0.359 e. The van der Waals surface area contributed by atoms with Gasteiger partial charge >= 0.3 is 0 Å². The summed E-state index contributed by atoms with van der Waals surface area (Å²) in [5.74, 6) is 2.04. The van der Waals surface area contributed by atoms with Gasteiger partial charge in [-0.05, 0) is 155 Å². The van der Waals surface area contributed by atoms with Crippen LogP contribution in [0, 0.1) is 27.7 Å². The van der Waals surface area contributed by atoms with E-state index < -0.39 is 0 Å². The zero-order valence-corrected chi connectivity index (χ0v) is 62.0. The van der Waals surface area contributed by atoms with Crippen molar-refractivity contribution in [1.29, 1.82) is 0 Å². The average molecular weight is 1340 g/mol. The third-order valence-corrected chi connectivity index (χ3v) is 22.3. The summed E-state index contributed by atoms with van der Waals surface area (Å²) in [4.78, 5) is 55.2. The van der Waals surface area contributed by atoms with Crippen molar-refractivity contribution in [3.63, 3.8) is 0 Å². The third-order valence-electron chi connectivity index (χ3n) is 22.3. The number of para-hydroxylation sites is 8. The molecule has 0 bridgehead atoms. The summed E-state index contributed by atoms with van der Waals surface area (Å²) in [5, 5.41) is 0. The molecule has 20 nitrogen and oxygen atoms in total. The maximum absolute atomic E-state index is 4.84. The standard InChI is InChI=1S/2C24H27N5.2C16H23N5/c1-16-23(28-17(2)26(4)19-10-6-8-12-21(19)28)14-25-15-24(16)29-18(3)27(5)20-11-7-9-13-22(20)29;1-16-19(28-17(2)26(4)20-10-6-8-12-22(20)28)14-15-25-24(16)29-18(3)27(5)21-11-7-9-13-23(21)29;1-12-15(20-8-6-18(4)13(20)2)10-17-11-16(12)21-9-7-19(5)14(21)3;1-12-15(20-10-8-18(4)13(20)2)6-7-17-16(12)21-11-9-19(5)14(21)3/h2*6-15,17-18H,1-5H3;2*6-11,13-14H,1-5H3/t2*17-,18+;2*13-,14+/m.0.0/s1. The fraction of sp³-hybridized carbons (Fsp3) is 0.350. The van der Waals surface area contributed by atoms with Crippen molar-refractivity contribution in [3.8, 4) is 0 Å². The van der Waals surface area contributed by atoms with Crippen molar-refractivity contribution in [2.45, 2.75) is 132 Å².